The molecule has 1 aliphatic heterocycles. The second-order valence-corrected chi connectivity index (χ2v) is 6.67. The molecule has 0 aromatic heterocycles. The summed E-state index contributed by atoms with van der Waals surface area (Å²) in [7, 11) is 0. The minimum absolute atomic E-state index is 0.0314. The smallest absolute Gasteiger partial charge is 0.251 e. The van der Waals surface area contributed by atoms with E-state index in [-0.39, 0.29) is 24.1 Å². The van der Waals surface area contributed by atoms with E-state index < -0.39 is 0 Å². The van der Waals surface area contributed by atoms with Crippen molar-refractivity contribution in [3.05, 3.63) is 53.6 Å². The summed E-state index contributed by atoms with van der Waals surface area (Å²) in [5.74, 6) is 0.0102. The van der Waals surface area contributed by atoms with Crippen LogP contribution >= 0.6 is 0 Å². The van der Waals surface area contributed by atoms with Gasteiger partial charge in [0.2, 0.25) is 5.91 Å². The molecular formula is C21H25N3O3. The molecule has 3 rings (SSSR count). The van der Waals surface area contributed by atoms with Gasteiger partial charge in [0.15, 0.2) is 0 Å². The molecule has 0 atom stereocenters. The first-order chi connectivity index (χ1) is 13.1. The van der Waals surface area contributed by atoms with E-state index in [9.17, 15) is 14.7 Å². The average Bonchev–Trinajstić information content (AvgIpc) is 2.68. The molecule has 0 spiro atoms. The van der Waals surface area contributed by atoms with Gasteiger partial charge in [0.1, 0.15) is 5.75 Å². The molecule has 0 fully saturated rings. The lowest BCUT2D eigenvalue weighted by Crippen LogP contribution is -2.35. The number of phenols is 1. The van der Waals surface area contributed by atoms with E-state index in [4.69, 9.17) is 0 Å². The number of phenolic OH excluding ortho intramolecular Hbond substituents is 1. The van der Waals surface area contributed by atoms with Gasteiger partial charge in [-0.1, -0.05) is 18.2 Å². The van der Waals surface area contributed by atoms with Crippen LogP contribution in [-0.2, 0) is 11.2 Å². The van der Waals surface area contributed by atoms with Gasteiger partial charge in [-0.15, -0.1) is 0 Å². The van der Waals surface area contributed by atoms with Crippen molar-refractivity contribution in [3.63, 3.8) is 0 Å². The minimum atomic E-state index is -0.124. The second kappa shape index (κ2) is 9.19. The Morgan fingerprint density at radius 3 is 2.56 bits per heavy atom. The Morgan fingerprint density at radius 1 is 0.852 bits per heavy atom. The van der Waals surface area contributed by atoms with Crippen LogP contribution in [-0.4, -0.2) is 43.1 Å². The van der Waals surface area contributed by atoms with Crippen LogP contribution in [0.2, 0.25) is 0 Å². The van der Waals surface area contributed by atoms with E-state index in [0.29, 0.717) is 30.6 Å². The summed E-state index contributed by atoms with van der Waals surface area (Å²) in [5, 5.41) is 19.2. The third-order valence-corrected chi connectivity index (χ3v) is 4.58. The van der Waals surface area contributed by atoms with Crippen LogP contribution in [0.1, 0.15) is 28.8 Å². The van der Waals surface area contributed by atoms with E-state index in [1.807, 2.05) is 24.3 Å². The zero-order chi connectivity index (χ0) is 19.1. The highest BCUT2D eigenvalue weighted by Gasteiger charge is 2.11. The van der Waals surface area contributed by atoms with E-state index in [2.05, 4.69) is 16.0 Å². The molecule has 0 saturated heterocycles. The van der Waals surface area contributed by atoms with Gasteiger partial charge in [-0.25, -0.2) is 0 Å². The van der Waals surface area contributed by atoms with Crippen LogP contribution in [0.4, 0.5) is 0 Å². The third-order valence-electron chi connectivity index (χ3n) is 4.58. The number of fused-ring (bicyclic) bond motifs is 5. The number of aromatic hydroxyl groups is 1. The maximum atomic E-state index is 12.4. The van der Waals surface area contributed by atoms with Gasteiger partial charge in [-0.2, -0.15) is 0 Å². The summed E-state index contributed by atoms with van der Waals surface area (Å²) in [6.07, 6.45) is 2.38. The van der Waals surface area contributed by atoms with Crippen LogP contribution in [0.15, 0.2) is 42.5 Å². The highest BCUT2D eigenvalue weighted by atomic mass is 16.3. The van der Waals surface area contributed by atoms with E-state index >= 15 is 0 Å². The van der Waals surface area contributed by atoms with Gasteiger partial charge < -0.3 is 21.1 Å². The zero-order valence-corrected chi connectivity index (χ0v) is 15.3. The molecule has 4 N–H and O–H groups in total. The lowest BCUT2D eigenvalue weighted by atomic mass is 9.98. The molecule has 6 heteroatoms. The minimum Gasteiger partial charge on any atom is -0.507 e. The summed E-state index contributed by atoms with van der Waals surface area (Å²) in [4.78, 5) is 24.2. The fourth-order valence-corrected chi connectivity index (χ4v) is 3.09. The first kappa shape index (κ1) is 18.9. The summed E-state index contributed by atoms with van der Waals surface area (Å²) < 4.78 is 0. The monoisotopic (exact) mass is 367 g/mol. The Labute approximate surface area is 159 Å². The normalized spacial score (nSPS) is 16.6. The van der Waals surface area contributed by atoms with Crippen LogP contribution in [0, 0.1) is 0 Å². The lowest BCUT2D eigenvalue weighted by molar-refractivity contribution is -0.120. The summed E-state index contributed by atoms with van der Waals surface area (Å²) >= 11 is 0. The van der Waals surface area contributed by atoms with Crippen molar-refractivity contribution in [1.29, 1.82) is 0 Å². The van der Waals surface area contributed by atoms with Crippen molar-refractivity contribution in [3.8, 4) is 16.9 Å². The molecule has 2 aromatic rings. The van der Waals surface area contributed by atoms with Gasteiger partial charge in [0.25, 0.3) is 5.91 Å². The number of carbonyl (C=O) groups is 2. The zero-order valence-electron chi connectivity index (χ0n) is 15.3. The van der Waals surface area contributed by atoms with Crippen LogP contribution < -0.4 is 16.0 Å². The topological polar surface area (TPSA) is 90.5 Å². The average molecular weight is 367 g/mol. The van der Waals surface area contributed by atoms with E-state index in [1.54, 1.807) is 18.2 Å². The molecule has 0 unspecified atom stereocenters. The molecule has 1 heterocycles. The van der Waals surface area contributed by atoms with Crippen LogP contribution in [0.5, 0.6) is 5.75 Å². The van der Waals surface area contributed by atoms with Crippen molar-refractivity contribution < 1.29 is 14.7 Å². The van der Waals surface area contributed by atoms with Crippen LogP contribution in [0.3, 0.4) is 0 Å². The maximum Gasteiger partial charge on any atom is 0.251 e. The van der Waals surface area contributed by atoms with Crippen molar-refractivity contribution in [2.75, 3.05) is 26.2 Å². The Kier molecular flexibility index (Phi) is 6.44. The molecule has 4 bridgehead atoms. The number of nitrogens with one attached hydrogen (secondary N) is 3. The standard InChI is InChI=1S/C21H25N3O3/c25-19-7-6-15-8-11-23-20(26)14-22-9-1-2-10-24-21(27)17-5-3-4-16(13-17)18(19)12-15/h3-7,12-13,22,25H,1-2,8-11,14H2,(H,23,26)(H,24,27). The predicted molar refractivity (Wildman–Crippen MR) is 105 cm³/mol. The first-order valence-corrected chi connectivity index (χ1v) is 9.31. The molecule has 0 aliphatic carbocycles. The van der Waals surface area contributed by atoms with Gasteiger partial charge in [0, 0.05) is 24.2 Å². The number of benzene rings is 2. The molecule has 0 saturated carbocycles. The third kappa shape index (κ3) is 5.31. The fraction of sp³-hybridized carbons (Fsp3) is 0.333. The van der Waals surface area contributed by atoms with Gasteiger partial charge in [0.05, 0.1) is 6.54 Å². The van der Waals surface area contributed by atoms with Gasteiger partial charge in [-0.3, -0.25) is 9.59 Å². The number of carbonyl (C=O) groups excluding carboxylic acids is 2. The van der Waals surface area contributed by atoms with Crippen LogP contribution in [0.25, 0.3) is 11.1 Å². The predicted octanol–water partition coefficient (Wildman–Crippen LogP) is 1.83. The Balaban J connectivity index is 1.86. The highest BCUT2D eigenvalue weighted by molar-refractivity contribution is 5.95. The molecule has 0 radical (unpaired) electrons. The number of rotatable bonds is 0. The van der Waals surface area contributed by atoms with Crippen molar-refractivity contribution in [2.24, 2.45) is 0 Å². The van der Waals surface area contributed by atoms with Crippen molar-refractivity contribution >= 4 is 11.8 Å². The van der Waals surface area contributed by atoms with Gasteiger partial charge in [-0.05, 0) is 61.2 Å². The largest absolute Gasteiger partial charge is 0.507 e. The first-order valence-electron chi connectivity index (χ1n) is 9.31. The Hall–Kier alpha value is -2.86. The quantitative estimate of drug-likeness (QED) is 0.572. The van der Waals surface area contributed by atoms with Gasteiger partial charge >= 0.3 is 0 Å². The molecule has 6 nitrogen and oxygen atoms in total. The molecule has 2 amide bonds. The number of hydrogen-bond acceptors (Lipinski definition) is 4. The van der Waals surface area contributed by atoms with E-state index in [0.717, 1.165) is 30.5 Å². The summed E-state index contributed by atoms with van der Waals surface area (Å²) in [6, 6.07) is 12.7. The van der Waals surface area contributed by atoms with Crippen molar-refractivity contribution in [2.45, 2.75) is 19.3 Å². The highest BCUT2D eigenvalue weighted by Crippen LogP contribution is 2.30. The molecule has 2 aromatic carbocycles. The molecule has 142 valence electrons. The fourth-order valence-electron chi connectivity index (χ4n) is 3.09. The molecular weight excluding hydrogens is 342 g/mol. The maximum absolute atomic E-state index is 12.4. The Bertz CT molecular complexity index is 820. The van der Waals surface area contributed by atoms with E-state index in [1.165, 1.54) is 0 Å². The lowest BCUT2D eigenvalue weighted by Gasteiger charge is -2.12. The molecule has 27 heavy (non-hydrogen) atoms. The van der Waals surface area contributed by atoms with Crippen molar-refractivity contribution in [1.82, 2.24) is 16.0 Å². The SMILES string of the molecule is O=C1CNCCCCNC(=O)c2cccc(c2)-c2cc(ccc2O)CCN1. The molecule has 1 aliphatic rings. The number of hydrogen-bond donors (Lipinski definition) is 4. The summed E-state index contributed by atoms with van der Waals surface area (Å²) in [6.45, 7) is 2.14. The number of amides is 2. The Morgan fingerprint density at radius 2 is 1.67 bits per heavy atom. The summed E-state index contributed by atoms with van der Waals surface area (Å²) in [5.41, 5.74) is 3.04. The second-order valence-electron chi connectivity index (χ2n) is 6.67.